The number of nitrogens with one attached hydrogen (secondary N) is 1. The first-order chi connectivity index (χ1) is 22.7. The Kier molecular flexibility index (Phi) is 11.0. The number of likely N-dealkylation sites (N-methyl/N-ethyl adjacent to an activating group) is 1. The SMILES string of the molecule is Cc1ccc([C@]23OC[C@](C(C)(C)O)(O2)[C@@H](O)[C@H](O)[C@H]3O)cc1Cc1ccc(CCCC(=O)N2CCCC[C@H]2C(=O)NCCN(C)C)cc1. The zero-order valence-electron chi connectivity index (χ0n) is 28.9. The molecule has 5 N–H and O–H groups in total. The van der Waals surface area contributed by atoms with E-state index in [4.69, 9.17) is 9.47 Å². The van der Waals surface area contributed by atoms with E-state index in [2.05, 4.69) is 29.6 Å². The van der Waals surface area contributed by atoms with Gasteiger partial charge in [0.2, 0.25) is 17.6 Å². The number of carbonyl (C=O) groups is 2. The molecule has 3 heterocycles. The van der Waals surface area contributed by atoms with Gasteiger partial charge < -0.3 is 45.0 Å². The number of amides is 2. The third-order valence-corrected chi connectivity index (χ3v) is 10.4. The maximum atomic E-state index is 13.1. The second-order valence-corrected chi connectivity index (χ2v) is 14.6. The minimum Gasteiger partial charge on any atom is -0.387 e. The molecule has 2 aromatic rings. The average molecular weight is 668 g/mol. The lowest BCUT2D eigenvalue weighted by molar-refractivity contribution is -0.348. The third kappa shape index (κ3) is 7.19. The van der Waals surface area contributed by atoms with Gasteiger partial charge in [-0.1, -0.05) is 36.4 Å². The average Bonchev–Trinajstić information content (AvgIpc) is 3.45. The van der Waals surface area contributed by atoms with Crippen LogP contribution < -0.4 is 5.32 Å². The lowest BCUT2D eigenvalue weighted by Gasteiger charge is -2.50. The zero-order chi connectivity index (χ0) is 34.9. The van der Waals surface area contributed by atoms with E-state index in [0.29, 0.717) is 44.3 Å². The van der Waals surface area contributed by atoms with E-state index >= 15 is 0 Å². The number of rotatable bonds is 12. The summed E-state index contributed by atoms with van der Waals surface area (Å²) in [7, 11) is 3.93. The highest BCUT2D eigenvalue weighted by molar-refractivity contribution is 5.87. The Balaban J connectivity index is 1.19. The Hall–Kier alpha value is -2.90. The largest absolute Gasteiger partial charge is 0.387 e. The summed E-state index contributed by atoms with van der Waals surface area (Å²) in [5, 5.41) is 46.5. The van der Waals surface area contributed by atoms with Crippen LogP contribution in [0.5, 0.6) is 0 Å². The molecule has 2 amide bonds. The van der Waals surface area contributed by atoms with Crippen molar-refractivity contribution in [2.24, 2.45) is 0 Å². The van der Waals surface area contributed by atoms with Crippen LogP contribution in [0.2, 0.25) is 0 Å². The van der Waals surface area contributed by atoms with Crippen molar-refractivity contribution >= 4 is 11.8 Å². The number of aliphatic hydroxyl groups is 4. The molecule has 3 aliphatic rings. The molecule has 264 valence electrons. The number of hydrogen-bond donors (Lipinski definition) is 5. The van der Waals surface area contributed by atoms with Gasteiger partial charge in [-0.3, -0.25) is 9.59 Å². The molecule has 6 atom stereocenters. The molecule has 0 spiro atoms. The quantitative estimate of drug-likeness (QED) is 0.228. The van der Waals surface area contributed by atoms with Crippen LogP contribution in [0, 0.1) is 6.92 Å². The van der Waals surface area contributed by atoms with Gasteiger partial charge in [-0.2, -0.15) is 0 Å². The Morgan fingerprint density at radius 2 is 1.75 bits per heavy atom. The van der Waals surface area contributed by atoms with Crippen LogP contribution in [0.4, 0.5) is 0 Å². The smallest absolute Gasteiger partial charge is 0.242 e. The van der Waals surface area contributed by atoms with Gasteiger partial charge in [-0.05, 0) is 102 Å². The van der Waals surface area contributed by atoms with Gasteiger partial charge in [0, 0.05) is 31.6 Å². The lowest BCUT2D eigenvalue weighted by atomic mass is 9.75. The van der Waals surface area contributed by atoms with Crippen molar-refractivity contribution < 1.29 is 39.5 Å². The molecule has 2 aromatic carbocycles. The van der Waals surface area contributed by atoms with Crippen LogP contribution in [-0.2, 0) is 37.7 Å². The standard InChI is InChI=1S/C37H53N3O8/c1-24-12-17-28(37-33(44)31(42)32(43)36(48-37,23-47-37)35(2,3)46)22-27(24)21-26-15-13-25(14-16-26)9-8-11-30(41)40-19-7-6-10-29(40)34(45)38-18-20-39(4)5/h12-17,22,29,31-33,42-44,46H,6-11,18-21,23H2,1-5H3,(H,38,45)/t29-,31-,32-,33+,36-,37-/m0/s1. The van der Waals surface area contributed by atoms with Crippen molar-refractivity contribution in [3.8, 4) is 0 Å². The molecule has 0 aliphatic carbocycles. The number of likely N-dealkylation sites (tertiary alicyclic amines) is 1. The molecule has 11 heteroatoms. The second kappa shape index (κ2) is 14.5. The third-order valence-electron chi connectivity index (χ3n) is 10.4. The zero-order valence-corrected chi connectivity index (χ0v) is 28.9. The fraction of sp³-hybridized carbons (Fsp3) is 0.622. The van der Waals surface area contributed by atoms with E-state index in [1.54, 1.807) is 11.0 Å². The first-order valence-electron chi connectivity index (χ1n) is 17.2. The summed E-state index contributed by atoms with van der Waals surface area (Å²) >= 11 is 0. The molecule has 11 nitrogen and oxygen atoms in total. The number of piperidine rings is 1. The number of ether oxygens (including phenoxy) is 2. The molecule has 48 heavy (non-hydrogen) atoms. The van der Waals surface area contributed by atoms with Gasteiger partial charge in [-0.15, -0.1) is 0 Å². The molecule has 2 bridgehead atoms. The lowest BCUT2D eigenvalue weighted by Crippen LogP contribution is -2.70. The minimum atomic E-state index is -1.74. The van der Waals surface area contributed by atoms with Gasteiger partial charge in [0.05, 0.1) is 12.2 Å². The Labute approximate surface area is 283 Å². The summed E-state index contributed by atoms with van der Waals surface area (Å²) in [6.45, 7) is 6.72. The predicted molar refractivity (Wildman–Crippen MR) is 180 cm³/mol. The summed E-state index contributed by atoms with van der Waals surface area (Å²) < 4.78 is 12.3. The molecule has 3 fully saturated rings. The van der Waals surface area contributed by atoms with Crippen LogP contribution >= 0.6 is 0 Å². The number of aliphatic hydroxyl groups excluding tert-OH is 3. The minimum absolute atomic E-state index is 0.0361. The van der Waals surface area contributed by atoms with E-state index in [9.17, 15) is 30.0 Å². The molecule has 0 radical (unpaired) electrons. The van der Waals surface area contributed by atoms with Crippen molar-refractivity contribution in [2.45, 2.75) is 107 Å². The molecule has 0 unspecified atom stereocenters. The van der Waals surface area contributed by atoms with E-state index in [0.717, 1.165) is 48.1 Å². The number of nitrogens with zero attached hydrogens (tertiary/aromatic N) is 2. The highest BCUT2D eigenvalue weighted by atomic mass is 16.8. The predicted octanol–water partition coefficient (Wildman–Crippen LogP) is 1.77. The fourth-order valence-electron chi connectivity index (χ4n) is 7.22. The summed E-state index contributed by atoms with van der Waals surface area (Å²) in [6, 6.07) is 13.5. The highest BCUT2D eigenvalue weighted by Gasteiger charge is 2.71. The maximum absolute atomic E-state index is 13.1. The number of hydrogen-bond acceptors (Lipinski definition) is 9. The Morgan fingerprint density at radius 1 is 1.04 bits per heavy atom. The van der Waals surface area contributed by atoms with E-state index in [1.165, 1.54) is 13.8 Å². The first-order valence-corrected chi connectivity index (χ1v) is 17.2. The van der Waals surface area contributed by atoms with Gasteiger partial charge in [0.25, 0.3) is 0 Å². The topological polar surface area (TPSA) is 152 Å². The van der Waals surface area contributed by atoms with E-state index in [1.807, 2.05) is 38.1 Å². The first kappa shape index (κ1) is 36.4. The van der Waals surface area contributed by atoms with Crippen LogP contribution in [0.25, 0.3) is 0 Å². The summed E-state index contributed by atoms with van der Waals surface area (Å²) in [5.74, 6) is -1.77. The van der Waals surface area contributed by atoms with Gasteiger partial charge >= 0.3 is 0 Å². The maximum Gasteiger partial charge on any atom is 0.242 e. The molecule has 0 aromatic heterocycles. The van der Waals surface area contributed by atoms with Gasteiger partial charge in [0.1, 0.15) is 24.4 Å². The normalized spacial score (nSPS) is 28.9. The van der Waals surface area contributed by atoms with Crippen molar-refractivity contribution in [1.82, 2.24) is 15.1 Å². The van der Waals surface area contributed by atoms with Gasteiger partial charge in [-0.25, -0.2) is 0 Å². The Morgan fingerprint density at radius 3 is 2.44 bits per heavy atom. The van der Waals surface area contributed by atoms with Crippen LogP contribution in [0.15, 0.2) is 42.5 Å². The number of benzene rings is 2. The monoisotopic (exact) mass is 667 g/mol. The molecular weight excluding hydrogens is 614 g/mol. The summed E-state index contributed by atoms with van der Waals surface area (Å²) in [4.78, 5) is 29.8. The number of carbonyl (C=O) groups excluding carboxylic acids is 2. The van der Waals surface area contributed by atoms with Crippen molar-refractivity contribution in [3.63, 3.8) is 0 Å². The summed E-state index contributed by atoms with van der Waals surface area (Å²) in [5.41, 5.74) is 1.52. The number of fused-ring (bicyclic) bond motifs is 2. The molecule has 3 aliphatic heterocycles. The number of aryl methyl sites for hydroxylation is 2. The fourth-order valence-corrected chi connectivity index (χ4v) is 7.22. The van der Waals surface area contributed by atoms with Crippen LogP contribution in [0.1, 0.15) is 73.8 Å². The van der Waals surface area contributed by atoms with E-state index in [-0.39, 0.29) is 24.5 Å². The second-order valence-electron chi connectivity index (χ2n) is 14.6. The van der Waals surface area contributed by atoms with Crippen LogP contribution in [0.3, 0.4) is 0 Å². The molecule has 5 rings (SSSR count). The molecule has 0 saturated carbocycles. The highest BCUT2D eigenvalue weighted by Crippen LogP contribution is 2.53. The molecule has 3 saturated heterocycles. The van der Waals surface area contributed by atoms with Gasteiger partial charge in [0.15, 0.2) is 5.60 Å². The molecular formula is C37H53N3O8. The van der Waals surface area contributed by atoms with E-state index < -0.39 is 35.3 Å². The van der Waals surface area contributed by atoms with Crippen molar-refractivity contribution in [2.75, 3.05) is 40.3 Å². The summed E-state index contributed by atoms with van der Waals surface area (Å²) in [6.07, 6.45) is 0.317. The van der Waals surface area contributed by atoms with Crippen molar-refractivity contribution in [1.29, 1.82) is 0 Å². The van der Waals surface area contributed by atoms with Crippen LogP contribution in [-0.4, -0.2) is 118 Å². The Bertz CT molecular complexity index is 1440. The van der Waals surface area contributed by atoms with Crippen molar-refractivity contribution in [3.05, 3.63) is 70.3 Å².